The first kappa shape index (κ1) is 17.4. The molecule has 0 aliphatic carbocycles. The maximum absolute atomic E-state index is 13.4. The Hall–Kier alpha value is -3.00. The van der Waals surface area contributed by atoms with Crippen LogP contribution in [0.15, 0.2) is 64.2 Å². The molecular formula is C19H16FN5OS. The molecule has 1 unspecified atom stereocenters. The van der Waals surface area contributed by atoms with Gasteiger partial charge in [0.2, 0.25) is 11.8 Å². The molecule has 0 fully saturated rings. The van der Waals surface area contributed by atoms with E-state index in [1.807, 2.05) is 41.8 Å². The zero-order valence-electron chi connectivity index (χ0n) is 14.7. The summed E-state index contributed by atoms with van der Waals surface area (Å²) >= 11 is 1.45. The van der Waals surface area contributed by atoms with Crippen LogP contribution in [0.3, 0.4) is 0 Å². The van der Waals surface area contributed by atoms with Crippen LogP contribution in [-0.4, -0.2) is 25.0 Å². The number of benzene rings is 2. The summed E-state index contributed by atoms with van der Waals surface area (Å²) in [5.74, 6) is 1.42. The van der Waals surface area contributed by atoms with Crippen LogP contribution in [-0.2, 0) is 0 Å². The summed E-state index contributed by atoms with van der Waals surface area (Å²) in [5.41, 5.74) is 1.69. The SMILES string of the molecule is Cc1nnc(C(C)Sc2nnc(-c3ccccc3)n2-c2ccc(F)cc2)o1. The first-order chi connectivity index (χ1) is 13.1. The van der Waals surface area contributed by atoms with Crippen molar-refractivity contribution in [1.82, 2.24) is 25.0 Å². The van der Waals surface area contributed by atoms with Crippen LogP contribution >= 0.6 is 11.8 Å². The van der Waals surface area contributed by atoms with Crippen molar-refractivity contribution in [3.63, 3.8) is 0 Å². The smallest absolute Gasteiger partial charge is 0.229 e. The predicted molar refractivity (Wildman–Crippen MR) is 100 cm³/mol. The molecule has 0 saturated heterocycles. The van der Waals surface area contributed by atoms with E-state index >= 15 is 0 Å². The molecule has 4 aromatic rings. The maximum Gasteiger partial charge on any atom is 0.229 e. The number of aryl methyl sites for hydroxylation is 1. The Morgan fingerprint density at radius 2 is 1.70 bits per heavy atom. The van der Waals surface area contributed by atoms with Gasteiger partial charge in [-0.2, -0.15) is 0 Å². The molecule has 2 aromatic heterocycles. The highest BCUT2D eigenvalue weighted by molar-refractivity contribution is 7.99. The average molecular weight is 381 g/mol. The Kier molecular flexibility index (Phi) is 4.72. The quantitative estimate of drug-likeness (QED) is 0.470. The topological polar surface area (TPSA) is 69.6 Å². The normalized spacial score (nSPS) is 12.3. The summed E-state index contributed by atoms with van der Waals surface area (Å²) in [6.07, 6.45) is 0. The molecule has 136 valence electrons. The lowest BCUT2D eigenvalue weighted by Gasteiger charge is -2.12. The maximum atomic E-state index is 13.4. The van der Waals surface area contributed by atoms with E-state index in [1.165, 1.54) is 23.9 Å². The Balaban J connectivity index is 1.77. The van der Waals surface area contributed by atoms with Gasteiger partial charge in [-0.3, -0.25) is 4.57 Å². The average Bonchev–Trinajstić information content (AvgIpc) is 3.30. The van der Waals surface area contributed by atoms with E-state index in [2.05, 4.69) is 20.4 Å². The van der Waals surface area contributed by atoms with Gasteiger partial charge in [-0.05, 0) is 31.2 Å². The number of hydrogen-bond acceptors (Lipinski definition) is 6. The van der Waals surface area contributed by atoms with Gasteiger partial charge in [-0.25, -0.2) is 4.39 Å². The number of hydrogen-bond donors (Lipinski definition) is 0. The van der Waals surface area contributed by atoms with Crippen LogP contribution in [0.1, 0.15) is 24.0 Å². The lowest BCUT2D eigenvalue weighted by molar-refractivity contribution is 0.470. The summed E-state index contributed by atoms with van der Waals surface area (Å²) in [4.78, 5) is 0. The molecule has 8 heteroatoms. The van der Waals surface area contributed by atoms with Crippen LogP contribution in [0, 0.1) is 12.7 Å². The number of thioether (sulfide) groups is 1. The van der Waals surface area contributed by atoms with E-state index in [9.17, 15) is 4.39 Å². The zero-order chi connectivity index (χ0) is 18.8. The minimum atomic E-state index is -0.294. The van der Waals surface area contributed by atoms with Crippen molar-refractivity contribution in [3.05, 3.63) is 72.2 Å². The number of rotatable bonds is 5. The molecule has 1 atom stereocenters. The van der Waals surface area contributed by atoms with Gasteiger partial charge in [0.25, 0.3) is 0 Å². The van der Waals surface area contributed by atoms with Gasteiger partial charge in [-0.1, -0.05) is 42.1 Å². The molecule has 2 aromatic carbocycles. The van der Waals surface area contributed by atoms with E-state index in [1.54, 1.807) is 19.1 Å². The predicted octanol–water partition coefficient (Wildman–Crippen LogP) is 4.62. The summed E-state index contributed by atoms with van der Waals surface area (Å²) < 4.78 is 20.8. The first-order valence-corrected chi connectivity index (χ1v) is 9.23. The molecule has 6 nitrogen and oxygen atoms in total. The lowest BCUT2D eigenvalue weighted by Crippen LogP contribution is -2.01. The molecule has 27 heavy (non-hydrogen) atoms. The van der Waals surface area contributed by atoms with E-state index in [0.29, 0.717) is 22.8 Å². The number of halogens is 1. The Labute approximate surface area is 159 Å². The first-order valence-electron chi connectivity index (χ1n) is 8.35. The zero-order valence-corrected chi connectivity index (χ0v) is 15.5. The number of nitrogens with zero attached hydrogens (tertiary/aromatic N) is 5. The van der Waals surface area contributed by atoms with Gasteiger partial charge < -0.3 is 4.42 Å². The molecule has 0 radical (unpaired) electrons. The second-order valence-electron chi connectivity index (χ2n) is 5.90. The highest BCUT2D eigenvalue weighted by Gasteiger charge is 2.21. The van der Waals surface area contributed by atoms with Crippen molar-refractivity contribution in [1.29, 1.82) is 0 Å². The van der Waals surface area contributed by atoms with Crippen molar-refractivity contribution in [2.75, 3.05) is 0 Å². The minimum Gasteiger partial charge on any atom is -0.424 e. The second-order valence-corrected chi connectivity index (χ2v) is 7.21. The van der Waals surface area contributed by atoms with Crippen LogP contribution < -0.4 is 0 Å². The third-order valence-electron chi connectivity index (χ3n) is 3.92. The Bertz CT molecular complexity index is 1050. The molecular weight excluding hydrogens is 365 g/mol. The van der Waals surface area contributed by atoms with Gasteiger partial charge in [-0.15, -0.1) is 20.4 Å². The third-order valence-corrected chi connectivity index (χ3v) is 4.95. The fourth-order valence-electron chi connectivity index (χ4n) is 2.63. The minimum absolute atomic E-state index is 0.113. The summed E-state index contributed by atoms with van der Waals surface area (Å²) in [6, 6.07) is 16.0. The van der Waals surface area contributed by atoms with E-state index < -0.39 is 0 Å². The molecule has 0 spiro atoms. The van der Waals surface area contributed by atoms with E-state index in [-0.39, 0.29) is 11.1 Å². The van der Waals surface area contributed by atoms with Crippen molar-refractivity contribution < 1.29 is 8.81 Å². The van der Waals surface area contributed by atoms with Gasteiger partial charge in [0, 0.05) is 18.2 Å². The van der Waals surface area contributed by atoms with Crippen molar-refractivity contribution in [3.8, 4) is 17.1 Å². The van der Waals surface area contributed by atoms with Gasteiger partial charge >= 0.3 is 0 Å². The highest BCUT2D eigenvalue weighted by Crippen LogP contribution is 2.36. The summed E-state index contributed by atoms with van der Waals surface area (Å²) in [6.45, 7) is 3.71. The largest absolute Gasteiger partial charge is 0.424 e. The third kappa shape index (κ3) is 3.61. The monoisotopic (exact) mass is 381 g/mol. The van der Waals surface area contributed by atoms with Crippen LogP contribution in [0.25, 0.3) is 17.1 Å². The summed E-state index contributed by atoms with van der Waals surface area (Å²) in [5, 5.41) is 17.2. The molecule has 0 bridgehead atoms. The summed E-state index contributed by atoms with van der Waals surface area (Å²) in [7, 11) is 0. The van der Waals surface area contributed by atoms with Crippen molar-refractivity contribution >= 4 is 11.8 Å². The van der Waals surface area contributed by atoms with E-state index in [4.69, 9.17) is 4.42 Å². The standard InChI is InChI=1S/C19H16FN5OS/c1-12(18-23-21-13(2)26-18)27-19-24-22-17(14-6-4-3-5-7-14)25(19)16-10-8-15(20)9-11-16/h3-12H,1-2H3. The molecule has 0 aliphatic rings. The molecule has 0 aliphatic heterocycles. The fourth-order valence-corrected chi connectivity index (χ4v) is 3.53. The molecule has 0 saturated carbocycles. The highest BCUT2D eigenvalue weighted by atomic mass is 32.2. The molecule has 0 amide bonds. The van der Waals surface area contributed by atoms with E-state index in [0.717, 1.165) is 11.3 Å². The van der Waals surface area contributed by atoms with Crippen molar-refractivity contribution in [2.45, 2.75) is 24.3 Å². The lowest BCUT2D eigenvalue weighted by atomic mass is 10.2. The fraction of sp³-hybridized carbons (Fsp3) is 0.158. The molecule has 2 heterocycles. The van der Waals surface area contributed by atoms with Gasteiger partial charge in [0.05, 0.1) is 5.25 Å². The molecule has 4 rings (SSSR count). The van der Waals surface area contributed by atoms with Crippen LogP contribution in [0.4, 0.5) is 4.39 Å². The van der Waals surface area contributed by atoms with Gasteiger partial charge in [0.15, 0.2) is 11.0 Å². The second kappa shape index (κ2) is 7.32. The van der Waals surface area contributed by atoms with Crippen LogP contribution in [0.2, 0.25) is 0 Å². The Morgan fingerprint density at radius 3 is 2.37 bits per heavy atom. The molecule has 0 N–H and O–H groups in total. The number of aromatic nitrogens is 5. The van der Waals surface area contributed by atoms with Crippen molar-refractivity contribution in [2.24, 2.45) is 0 Å². The van der Waals surface area contributed by atoms with Gasteiger partial charge in [0.1, 0.15) is 5.82 Å². The van der Waals surface area contributed by atoms with Crippen LogP contribution in [0.5, 0.6) is 0 Å². The Morgan fingerprint density at radius 1 is 0.963 bits per heavy atom.